The first-order valence-electron chi connectivity index (χ1n) is 25.1. The van der Waals surface area contributed by atoms with Crippen molar-refractivity contribution in [2.75, 3.05) is 4.90 Å². The molecule has 344 valence electrons. The van der Waals surface area contributed by atoms with Crippen LogP contribution in [-0.2, 0) is 0 Å². The molecule has 0 radical (unpaired) electrons. The Kier molecular flexibility index (Phi) is 11.4. The van der Waals surface area contributed by atoms with Crippen molar-refractivity contribution in [3.05, 3.63) is 270 Å². The van der Waals surface area contributed by atoms with Crippen LogP contribution < -0.4 is 4.90 Å². The van der Waals surface area contributed by atoms with Crippen LogP contribution in [0.25, 0.3) is 99.1 Å². The second-order valence-corrected chi connectivity index (χ2v) is 19.8. The predicted octanol–water partition coefficient (Wildman–Crippen LogP) is 20.2. The zero-order chi connectivity index (χ0) is 48.9. The molecule has 0 heterocycles. The molecule has 0 fully saturated rings. The van der Waals surface area contributed by atoms with Crippen molar-refractivity contribution >= 4 is 49.4 Å². The van der Waals surface area contributed by atoms with Crippen LogP contribution in [0.5, 0.6) is 0 Å². The van der Waals surface area contributed by atoms with Gasteiger partial charge in [0.05, 0.1) is 0 Å². The minimum Gasteiger partial charge on any atom is -0.311 e. The Hall–Kier alpha value is -8.78. The smallest absolute Gasteiger partial charge is 0.0462 e. The molecule has 0 aliphatic carbocycles. The molecule has 1 heteroatoms. The molecule has 0 amide bonds. The summed E-state index contributed by atoms with van der Waals surface area (Å²) < 4.78 is 0. The van der Waals surface area contributed by atoms with E-state index in [0.29, 0.717) is 0 Å². The molecule has 72 heavy (non-hydrogen) atoms. The summed E-state index contributed by atoms with van der Waals surface area (Å²) in [5.74, 6) is 0. The van der Waals surface area contributed by atoms with E-state index >= 15 is 0 Å². The van der Waals surface area contributed by atoms with Gasteiger partial charge in [0.2, 0.25) is 0 Å². The third-order valence-electron chi connectivity index (χ3n) is 14.7. The highest BCUT2D eigenvalue weighted by molar-refractivity contribution is 5.92. The van der Waals surface area contributed by atoms with Crippen molar-refractivity contribution in [3.8, 4) is 66.8 Å². The predicted molar refractivity (Wildman–Crippen MR) is 310 cm³/mol. The zero-order valence-electron chi connectivity index (χ0n) is 41.5. The first-order chi connectivity index (χ1) is 35.1. The molecule has 12 aromatic rings. The van der Waals surface area contributed by atoms with Crippen molar-refractivity contribution in [1.29, 1.82) is 0 Å². The van der Waals surface area contributed by atoms with Crippen LogP contribution >= 0.6 is 0 Å². The quantitative estimate of drug-likeness (QED) is 0.139. The fourth-order valence-corrected chi connectivity index (χ4v) is 10.6. The lowest BCUT2D eigenvalue weighted by Gasteiger charge is -2.26. The van der Waals surface area contributed by atoms with Gasteiger partial charge in [-0.15, -0.1) is 0 Å². The average molecular weight is 922 g/mol. The van der Waals surface area contributed by atoms with Crippen LogP contribution in [-0.4, -0.2) is 0 Å². The third-order valence-corrected chi connectivity index (χ3v) is 14.7. The normalized spacial score (nSPS) is 11.4. The molecular weight excluding hydrogens is 867 g/mol. The number of benzene rings is 12. The van der Waals surface area contributed by atoms with E-state index in [1.165, 1.54) is 127 Å². The largest absolute Gasteiger partial charge is 0.311 e. The van der Waals surface area contributed by atoms with E-state index < -0.39 is 0 Å². The van der Waals surface area contributed by atoms with Gasteiger partial charge in [-0.05, 0) is 218 Å². The fourth-order valence-electron chi connectivity index (χ4n) is 10.6. The van der Waals surface area contributed by atoms with Crippen molar-refractivity contribution in [2.45, 2.75) is 34.6 Å². The Balaban J connectivity index is 0.889. The molecule has 12 rings (SSSR count). The number of nitrogens with zero attached hydrogens (tertiary/aromatic N) is 1. The highest BCUT2D eigenvalue weighted by Crippen LogP contribution is 2.40. The fraction of sp³-hybridized carbons (Fsp3) is 0.0704. The summed E-state index contributed by atoms with van der Waals surface area (Å²) in [6, 6.07) is 90.3. The van der Waals surface area contributed by atoms with Gasteiger partial charge >= 0.3 is 0 Å². The Morgan fingerprint density at radius 1 is 0.208 bits per heavy atom. The standard InChI is InChI=1S/C71H55N/c1-46-9-14-59-41-62(22-19-56(59)37-46)55-8-6-7-54(40-55)51-25-31-67(32-26-51)72(68-33-27-52(28-34-68)70-44-65(17-12-49(70)4)63-23-20-57-38-47(2)10-15-60(57)42-63)69-35-29-53(30-36-69)71-45-66(18-13-50(71)5)64-24-21-58-39-48(3)11-16-61(58)43-64/h6-45H,1-5H3. The van der Waals surface area contributed by atoms with Crippen LogP contribution in [0.4, 0.5) is 17.1 Å². The average Bonchev–Trinajstić information content (AvgIpc) is 3.41. The molecule has 0 bridgehead atoms. The summed E-state index contributed by atoms with van der Waals surface area (Å²) in [5.41, 5.74) is 24.2. The number of anilines is 3. The molecule has 0 saturated carbocycles. The van der Waals surface area contributed by atoms with Gasteiger partial charge in [0.25, 0.3) is 0 Å². The molecule has 1 nitrogen and oxygen atoms in total. The first kappa shape index (κ1) is 44.4. The van der Waals surface area contributed by atoms with E-state index in [1.54, 1.807) is 0 Å². The van der Waals surface area contributed by atoms with Gasteiger partial charge in [-0.1, -0.05) is 187 Å². The Morgan fingerprint density at radius 2 is 0.486 bits per heavy atom. The number of fused-ring (bicyclic) bond motifs is 3. The van der Waals surface area contributed by atoms with Gasteiger partial charge in [0.15, 0.2) is 0 Å². The number of rotatable bonds is 9. The Labute approximate surface area is 424 Å². The SMILES string of the molecule is Cc1ccc2cc(-c3cccc(-c4ccc(N(c5ccc(-c6cc(-c7ccc8cc(C)ccc8c7)ccc6C)cc5)c5ccc(-c6cc(-c7ccc8cc(C)ccc8c7)ccc6C)cc5)cc4)c3)ccc2c1. The van der Waals surface area contributed by atoms with Gasteiger partial charge in [-0.2, -0.15) is 0 Å². The Morgan fingerprint density at radius 3 is 0.875 bits per heavy atom. The summed E-state index contributed by atoms with van der Waals surface area (Å²) in [4.78, 5) is 2.38. The van der Waals surface area contributed by atoms with E-state index in [0.717, 1.165) is 17.1 Å². The molecule has 0 aromatic heterocycles. The summed E-state index contributed by atoms with van der Waals surface area (Å²) in [6.45, 7) is 10.9. The van der Waals surface area contributed by atoms with Gasteiger partial charge in [0, 0.05) is 17.1 Å². The van der Waals surface area contributed by atoms with Gasteiger partial charge in [-0.25, -0.2) is 0 Å². The second kappa shape index (κ2) is 18.5. The molecular formula is C71H55N. The number of hydrogen-bond acceptors (Lipinski definition) is 1. The monoisotopic (exact) mass is 921 g/mol. The van der Waals surface area contributed by atoms with Crippen molar-refractivity contribution in [3.63, 3.8) is 0 Å². The lowest BCUT2D eigenvalue weighted by atomic mass is 9.93. The van der Waals surface area contributed by atoms with Crippen LogP contribution in [0.2, 0.25) is 0 Å². The van der Waals surface area contributed by atoms with E-state index in [9.17, 15) is 0 Å². The molecule has 0 aliphatic rings. The summed E-state index contributed by atoms with van der Waals surface area (Å²) in [5, 5.41) is 7.59. The van der Waals surface area contributed by atoms with E-state index in [2.05, 4.69) is 282 Å². The van der Waals surface area contributed by atoms with E-state index in [4.69, 9.17) is 0 Å². The summed E-state index contributed by atoms with van der Waals surface area (Å²) in [7, 11) is 0. The molecule has 0 aliphatic heterocycles. The molecule has 12 aromatic carbocycles. The van der Waals surface area contributed by atoms with Crippen molar-refractivity contribution < 1.29 is 0 Å². The van der Waals surface area contributed by atoms with Crippen LogP contribution in [0.15, 0.2) is 243 Å². The van der Waals surface area contributed by atoms with Crippen molar-refractivity contribution in [1.82, 2.24) is 0 Å². The number of hydrogen-bond donors (Lipinski definition) is 0. The minimum atomic E-state index is 1.09. The van der Waals surface area contributed by atoms with Gasteiger partial charge < -0.3 is 4.90 Å². The summed E-state index contributed by atoms with van der Waals surface area (Å²) >= 11 is 0. The molecule has 0 unspecified atom stereocenters. The lowest BCUT2D eigenvalue weighted by Crippen LogP contribution is -2.09. The topological polar surface area (TPSA) is 3.24 Å². The van der Waals surface area contributed by atoms with Crippen LogP contribution in [0.1, 0.15) is 27.8 Å². The van der Waals surface area contributed by atoms with Crippen molar-refractivity contribution in [2.24, 2.45) is 0 Å². The third kappa shape index (κ3) is 8.76. The molecule has 0 saturated heterocycles. The summed E-state index contributed by atoms with van der Waals surface area (Å²) in [6.07, 6.45) is 0. The molecule has 0 atom stereocenters. The maximum atomic E-state index is 2.38. The Bertz CT molecular complexity index is 3830. The molecule has 0 N–H and O–H groups in total. The minimum absolute atomic E-state index is 1.09. The van der Waals surface area contributed by atoms with E-state index in [-0.39, 0.29) is 0 Å². The highest BCUT2D eigenvalue weighted by Gasteiger charge is 2.16. The van der Waals surface area contributed by atoms with Crippen LogP contribution in [0.3, 0.4) is 0 Å². The zero-order valence-corrected chi connectivity index (χ0v) is 41.5. The first-order valence-corrected chi connectivity index (χ1v) is 25.1. The lowest BCUT2D eigenvalue weighted by molar-refractivity contribution is 1.28. The maximum Gasteiger partial charge on any atom is 0.0462 e. The van der Waals surface area contributed by atoms with Gasteiger partial charge in [0.1, 0.15) is 0 Å². The number of aryl methyl sites for hydroxylation is 5. The highest BCUT2D eigenvalue weighted by atomic mass is 15.1. The van der Waals surface area contributed by atoms with E-state index in [1.807, 2.05) is 0 Å². The van der Waals surface area contributed by atoms with Crippen LogP contribution in [0, 0.1) is 34.6 Å². The molecule has 0 spiro atoms. The maximum absolute atomic E-state index is 2.38. The second-order valence-electron chi connectivity index (χ2n) is 19.8. The van der Waals surface area contributed by atoms with Gasteiger partial charge in [-0.3, -0.25) is 0 Å².